The highest BCUT2D eigenvalue weighted by Gasteiger charge is 2.25. The summed E-state index contributed by atoms with van der Waals surface area (Å²) < 4.78 is 0. The van der Waals surface area contributed by atoms with Gasteiger partial charge in [-0.15, -0.1) is 0 Å². The second kappa shape index (κ2) is 3.02. The van der Waals surface area contributed by atoms with E-state index in [2.05, 4.69) is 33.9 Å². The third-order valence-corrected chi connectivity index (χ3v) is 7.31. The van der Waals surface area contributed by atoms with E-state index in [1.807, 2.05) is 11.6 Å². The van der Waals surface area contributed by atoms with Gasteiger partial charge in [0.25, 0.3) is 0 Å². The summed E-state index contributed by atoms with van der Waals surface area (Å²) in [6.45, 7) is 13.9. The molecule has 0 aliphatic carbocycles. The molecule has 0 N–H and O–H groups in total. The van der Waals surface area contributed by atoms with E-state index in [9.17, 15) is 0 Å². The Kier molecular flexibility index (Phi) is 3.06. The Labute approximate surface area is 69.0 Å². The molecule has 0 aromatic heterocycles. The fraction of sp³-hybridized carbons (Fsp3) is 0.500. The van der Waals surface area contributed by atoms with Gasteiger partial charge in [-0.3, -0.25) is 0 Å². The van der Waals surface area contributed by atoms with Gasteiger partial charge in [-0.05, 0) is 5.16 Å². The van der Waals surface area contributed by atoms with E-state index in [0.29, 0.717) is 0 Å². The minimum atomic E-state index is -1.50. The molecule has 0 nitrogen and oxygen atoms in total. The predicted molar refractivity (Wildman–Crippen MR) is 54.4 cm³/mol. The van der Waals surface area contributed by atoms with Crippen LogP contribution in [0.2, 0.25) is 0 Å². The van der Waals surface area contributed by atoms with E-state index in [-0.39, 0.29) is 5.16 Å². The number of rotatable bonds is 2. The molecule has 0 aromatic rings. The van der Waals surface area contributed by atoms with Crippen LogP contribution in [0.15, 0.2) is 24.8 Å². The number of hydrogen-bond acceptors (Lipinski definition) is 1. The Morgan fingerprint density at radius 3 is 1.50 bits per heavy atom. The minimum absolute atomic E-state index is 0.145. The van der Waals surface area contributed by atoms with Gasteiger partial charge in [-0.1, -0.05) is 57.4 Å². The van der Waals surface area contributed by atoms with Gasteiger partial charge in [0.2, 0.25) is 0 Å². The van der Waals surface area contributed by atoms with Gasteiger partial charge < -0.3 is 0 Å². The third kappa shape index (κ3) is 1.81. The van der Waals surface area contributed by atoms with Gasteiger partial charge in [0.05, 0.1) is 0 Å². The van der Waals surface area contributed by atoms with E-state index in [1.54, 1.807) is 0 Å². The fourth-order valence-corrected chi connectivity index (χ4v) is 1.87. The maximum absolute atomic E-state index is 5.42. The van der Waals surface area contributed by atoms with Crippen LogP contribution in [-0.2, 0) is 11.8 Å². The monoisotopic (exact) mass is 174 g/mol. The topological polar surface area (TPSA) is 0 Å². The first-order chi connectivity index (χ1) is 4.37. The first-order valence-corrected chi connectivity index (χ1v) is 6.18. The maximum Gasteiger partial charge on any atom is 0.000662 e. The van der Waals surface area contributed by atoms with Crippen molar-refractivity contribution in [3.8, 4) is 0 Å². The summed E-state index contributed by atoms with van der Waals surface area (Å²) in [5.74, 6) is 3.77. The molecule has 0 unspecified atom stereocenters. The molecule has 58 valence electrons. The van der Waals surface area contributed by atoms with Crippen molar-refractivity contribution < 1.29 is 0 Å². The van der Waals surface area contributed by atoms with Crippen molar-refractivity contribution >= 4 is 17.8 Å². The normalized spacial score (nSPS) is 12.7. The lowest BCUT2D eigenvalue weighted by atomic mass is 10.3. The Bertz CT molecular complexity index is 174. The molecular weight excluding hydrogens is 159 g/mol. The van der Waals surface area contributed by atoms with Gasteiger partial charge in [0.1, 0.15) is 0 Å². The summed E-state index contributed by atoms with van der Waals surface area (Å²) in [5.41, 5.74) is 0. The summed E-state index contributed by atoms with van der Waals surface area (Å²) in [6.07, 6.45) is 0. The van der Waals surface area contributed by atoms with Crippen LogP contribution in [0, 0.1) is 0 Å². The quantitative estimate of drug-likeness (QED) is 0.577. The highest BCUT2D eigenvalue weighted by atomic mass is 32.4. The second-order valence-electron chi connectivity index (χ2n) is 3.25. The molecule has 0 fully saturated rings. The van der Waals surface area contributed by atoms with Gasteiger partial charge in [0, 0.05) is 6.04 Å². The van der Waals surface area contributed by atoms with Crippen molar-refractivity contribution in [1.82, 2.24) is 0 Å². The molecule has 0 atom stereocenters. The molecule has 2 heteroatoms. The zero-order valence-electron chi connectivity index (χ0n) is 6.92. The lowest BCUT2D eigenvalue weighted by Gasteiger charge is -2.29. The molecule has 0 heterocycles. The second-order valence-corrected chi connectivity index (χ2v) is 8.55. The van der Waals surface area contributed by atoms with Crippen LogP contribution in [0.25, 0.3) is 0 Å². The van der Waals surface area contributed by atoms with Crippen LogP contribution in [-0.4, -0.2) is 5.16 Å². The molecule has 0 radical (unpaired) electrons. The Morgan fingerprint density at radius 1 is 1.20 bits per heavy atom. The molecule has 0 saturated carbocycles. The van der Waals surface area contributed by atoms with E-state index >= 15 is 0 Å². The van der Waals surface area contributed by atoms with Crippen molar-refractivity contribution in [2.75, 3.05) is 0 Å². The SMILES string of the molecule is C=CP(=S)(C=C)C(C)(C)C. The first kappa shape index (κ1) is 10.1. The van der Waals surface area contributed by atoms with E-state index in [4.69, 9.17) is 11.8 Å². The van der Waals surface area contributed by atoms with Crippen LogP contribution in [0.5, 0.6) is 0 Å². The largest absolute Gasteiger partial charge is 0.0975 e. The average molecular weight is 174 g/mol. The summed E-state index contributed by atoms with van der Waals surface area (Å²) in [5, 5.41) is 0.145. The molecular formula is C8H15PS. The van der Waals surface area contributed by atoms with E-state index in [0.717, 1.165) is 0 Å². The van der Waals surface area contributed by atoms with Crippen molar-refractivity contribution in [2.45, 2.75) is 25.9 Å². The average Bonchev–Trinajstić information content (AvgIpc) is 1.84. The summed E-state index contributed by atoms with van der Waals surface area (Å²) in [4.78, 5) is 0. The maximum atomic E-state index is 5.42. The molecule has 10 heavy (non-hydrogen) atoms. The molecule has 0 saturated heterocycles. The van der Waals surface area contributed by atoms with Crippen LogP contribution >= 0.6 is 6.04 Å². The Morgan fingerprint density at radius 2 is 1.50 bits per heavy atom. The van der Waals surface area contributed by atoms with Crippen molar-refractivity contribution in [1.29, 1.82) is 0 Å². The first-order valence-electron chi connectivity index (χ1n) is 3.24. The van der Waals surface area contributed by atoms with Crippen LogP contribution in [0.1, 0.15) is 20.8 Å². The van der Waals surface area contributed by atoms with E-state index in [1.165, 1.54) is 0 Å². The molecule has 0 aliphatic rings. The Balaban J connectivity index is 4.86. The van der Waals surface area contributed by atoms with Crippen molar-refractivity contribution in [3.63, 3.8) is 0 Å². The summed E-state index contributed by atoms with van der Waals surface area (Å²) in [7, 11) is 0. The van der Waals surface area contributed by atoms with Crippen molar-refractivity contribution in [2.24, 2.45) is 0 Å². The predicted octanol–water partition coefficient (Wildman–Crippen LogP) is 3.55. The molecule has 0 aromatic carbocycles. The molecule has 0 spiro atoms. The van der Waals surface area contributed by atoms with Crippen LogP contribution < -0.4 is 0 Å². The fourth-order valence-electron chi connectivity index (χ4n) is 0.622. The van der Waals surface area contributed by atoms with Gasteiger partial charge in [-0.2, -0.15) is 0 Å². The van der Waals surface area contributed by atoms with Gasteiger partial charge >= 0.3 is 0 Å². The lowest BCUT2D eigenvalue weighted by molar-refractivity contribution is 0.791. The molecule has 0 aliphatic heterocycles. The van der Waals surface area contributed by atoms with Gasteiger partial charge in [-0.25, -0.2) is 0 Å². The van der Waals surface area contributed by atoms with Crippen LogP contribution in [0.4, 0.5) is 0 Å². The van der Waals surface area contributed by atoms with E-state index < -0.39 is 6.04 Å². The third-order valence-electron chi connectivity index (χ3n) is 1.59. The summed E-state index contributed by atoms with van der Waals surface area (Å²) in [6, 6.07) is -1.50. The van der Waals surface area contributed by atoms with Gasteiger partial charge in [0.15, 0.2) is 0 Å². The lowest BCUT2D eigenvalue weighted by Crippen LogP contribution is -2.11. The zero-order valence-corrected chi connectivity index (χ0v) is 8.64. The highest BCUT2D eigenvalue weighted by molar-refractivity contribution is 8.18. The summed E-state index contributed by atoms with van der Waals surface area (Å²) >= 11 is 5.42. The smallest absolute Gasteiger partial charge is 0.000662 e. The highest BCUT2D eigenvalue weighted by Crippen LogP contribution is 2.59. The Hall–Kier alpha value is 0.130. The molecule has 0 amide bonds. The zero-order chi connectivity index (χ0) is 8.41. The molecule has 0 bridgehead atoms. The number of hydrogen-bond donors (Lipinski definition) is 0. The molecule has 0 rings (SSSR count). The minimum Gasteiger partial charge on any atom is -0.0975 e. The standard InChI is InChI=1S/C8H15PS/c1-6-9(10,7-2)8(3,4)5/h6-7H,1-2H2,3-5H3. The van der Waals surface area contributed by atoms with Crippen LogP contribution in [0.3, 0.4) is 0 Å². The van der Waals surface area contributed by atoms with Crippen molar-refractivity contribution in [3.05, 3.63) is 24.8 Å².